The van der Waals surface area contributed by atoms with E-state index in [0.717, 1.165) is 57.2 Å². The largest absolute Gasteiger partial charge is 0.486 e. The van der Waals surface area contributed by atoms with Gasteiger partial charge in [-0.15, -0.1) is 0 Å². The lowest BCUT2D eigenvalue weighted by Gasteiger charge is -2.38. The molecule has 51 heavy (non-hydrogen) atoms. The van der Waals surface area contributed by atoms with Crippen molar-refractivity contribution in [3.8, 4) is 6.07 Å². The number of rotatable bonds is 10. The number of carbonyl (C=O) groups excluding carboxylic acids is 1. The van der Waals surface area contributed by atoms with Crippen molar-refractivity contribution in [2.75, 3.05) is 69.2 Å². The molecular formula is C36H44F3N9O3. The zero-order valence-electron chi connectivity index (χ0n) is 28.7. The SMILES string of the molecule is C=C(C#N)/C(=C\C=C(/C)c1ncnc(Nc2ccc(N3CCCN(C4COC4)CC3)cc2)n1)O[C@H]1CCN(C(=O)[C@H]2CC(F)(F)CCN2)C[C@H]1F. The molecule has 15 heteroatoms. The van der Waals surface area contributed by atoms with Crippen LogP contribution in [0, 0.1) is 11.3 Å². The summed E-state index contributed by atoms with van der Waals surface area (Å²) in [7, 11) is 0. The Morgan fingerprint density at radius 3 is 2.67 bits per heavy atom. The molecule has 0 bridgehead atoms. The number of nitrogens with zero attached hydrogens (tertiary/aromatic N) is 7. The van der Waals surface area contributed by atoms with Gasteiger partial charge >= 0.3 is 0 Å². The minimum Gasteiger partial charge on any atom is -0.486 e. The topological polar surface area (TPSA) is 132 Å². The normalized spacial score (nSPS) is 25.0. The number of aromatic nitrogens is 3. The average molecular weight is 708 g/mol. The van der Waals surface area contributed by atoms with Gasteiger partial charge in [0.25, 0.3) is 5.92 Å². The van der Waals surface area contributed by atoms with Crippen molar-refractivity contribution < 1.29 is 27.4 Å². The van der Waals surface area contributed by atoms with Crippen LogP contribution >= 0.6 is 0 Å². The molecule has 2 aromatic rings. The minimum atomic E-state index is -2.93. The fourth-order valence-corrected chi connectivity index (χ4v) is 6.64. The summed E-state index contributed by atoms with van der Waals surface area (Å²) in [6.07, 6.45) is 2.27. The Morgan fingerprint density at radius 1 is 1.16 bits per heavy atom. The molecule has 4 saturated heterocycles. The number of nitrogens with one attached hydrogen (secondary N) is 2. The molecule has 0 radical (unpaired) electrons. The van der Waals surface area contributed by atoms with Gasteiger partial charge in [-0.3, -0.25) is 9.69 Å². The molecule has 4 fully saturated rings. The van der Waals surface area contributed by atoms with E-state index >= 15 is 4.39 Å². The molecule has 2 N–H and O–H groups in total. The van der Waals surface area contributed by atoms with Crippen molar-refractivity contribution >= 4 is 28.8 Å². The number of ether oxygens (including phenoxy) is 2. The molecular weight excluding hydrogens is 663 g/mol. The summed E-state index contributed by atoms with van der Waals surface area (Å²) in [6.45, 7) is 11.1. The number of benzene rings is 1. The first-order valence-electron chi connectivity index (χ1n) is 17.4. The highest BCUT2D eigenvalue weighted by molar-refractivity contribution is 5.82. The molecule has 272 valence electrons. The highest BCUT2D eigenvalue weighted by atomic mass is 19.3. The average Bonchev–Trinajstić information content (AvgIpc) is 3.35. The number of anilines is 3. The monoisotopic (exact) mass is 707 g/mol. The summed E-state index contributed by atoms with van der Waals surface area (Å²) >= 11 is 0. The Kier molecular flexibility index (Phi) is 11.5. The summed E-state index contributed by atoms with van der Waals surface area (Å²) in [6, 6.07) is 9.60. The highest BCUT2D eigenvalue weighted by Crippen LogP contribution is 2.30. The number of hydrogen-bond donors (Lipinski definition) is 2. The Bertz CT molecular complexity index is 1660. The quantitative estimate of drug-likeness (QED) is 0.209. The maximum Gasteiger partial charge on any atom is 0.251 e. The van der Waals surface area contributed by atoms with Crippen molar-refractivity contribution in [1.82, 2.24) is 30.1 Å². The number of alkyl halides is 3. The number of nitriles is 1. The number of allylic oxidation sites excluding steroid dienone is 4. The first kappa shape index (κ1) is 36.3. The summed E-state index contributed by atoms with van der Waals surface area (Å²) in [5, 5.41) is 15.6. The number of likely N-dealkylation sites (tertiary alicyclic amines) is 1. The van der Waals surface area contributed by atoms with Gasteiger partial charge in [0.2, 0.25) is 11.9 Å². The first-order valence-corrected chi connectivity index (χ1v) is 17.4. The van der Waals surface area contributed by atoms with E-state index in [4.69, 9.17) is 9.47 Å². The van der Waals surface area contributed by atoms with E-state index in [-0.39, 0.29) is 43.8 Å². The zero-order valence-corrected chi connectivity index (χ0v) is 28.7. The van der Waals surface area contributed by atoms with Gasteiger partial charge in [0.1, 0.15) is 24.3 Å². The van der Waals surface area contributed by atoms with E-state index in [1.165, 1.54) is 17.3 Å². The molecule has 0 saturated carbocycles. The predicted octanol–water partition coefficient (Wildman–Crippen LogP) is 4.24. The Labute approximate surface area is 296 Å². The van der Waals surface area contributed by atoms with E-state index in [2.05, 4.69) is 54.1 Å². The third-order valence-corrected chi connectivity index (χ3v) is 9.75. The number of piperidine rings is 2. The second-order valence-corrected chi connectivity index (χ2v) is 13.4. The van der Waals surface area contributed by atoms with Gasteiger partial charge in [0.15, 0.2) is 12.0 Å². The molecule has 3 atom stereocenters. The van der Waals surface area contributed by atoms with Gasteiger partial charge < -0.3 is 29.9 Å². The fraction of sp³-hybridized carbons (Fsp3) is 0.528. The van der Waals surface area contributed by atoms with Gasteiger partial charge in [-0.25, -0.2) is 23.1 Å². The highest BCUT2D eigenvalue weighted by Gasteiger charge is 2.42. The molecule has 0 unspecified atom stereocenters. The molecule has 0 aliphatic carbocycles. The van der Waals surface area contributed by atoms with Crippen LogP contribution in [0.25, 0.3) is 5.57 Å². The Balaban J connectivity index is 1.05. The van der Waals surface area contributed by atoms with Crippen LogP contribution in [-0.4, -0.2) is 120 Å². The van der Waals surface area contributed by atoms with Crippen LogP contribution in [0.5, 0.6) is 0 Å². The van der Waals surface area contributed by atoms with E-state index in [1.54, 1.807) is 13.0 Å². The summed E-state index contributed by atoms with van der Waals surface area (Å²) in [5.74, 6) is -2.68. The predicted molar refractivity (Wildman–Crippen MR) is 186 cm³/mol. The Morgan fingerprint density at radius 2 is 1.96 bits per heavy atom. The van der Waals surface area contributed by atoms with E-state index < -0.39 is 36.6 Å². The third-order valence-electron chi connectivity index (χ3n) is 9.75. The van der Waals surface area contributed by atoms with Crippen molar-refractivity contribution in [2.45, 2.75) is 62.9 Å². The van der Waals surface area contributed by atoms with Crippen molar-refractivity contribution in [1.29, 1.82) is 5.26 Å². The molecule has 4 aliphatic rings. The van der Waals surface area contributed by atoms with Crippen LogP contribution in [0.4, 0.5) is 30.5 Å². The van der Waals surface area contributed by atoms with E-state index in [1.807, 2.05) is 18.2 Å². The van der Waals surface area contributed by atoms with Crippen LogP contribution in [-0.2, 0) is 14.3 Å². The van der Waals surface area contributed by atoms with Gasteiger partial charge in [-0.2, -0.15) is 10.2 Å². The van der Waals surface area contributed by atoms with E-state index in [9.17, 15) is 18.8 Å². The summed E-state index contributed by atoms with van der Waals surface area (Å²) in [5.41, 5.74) is 2.60. The van der Waals surface area contributed by atoms with Crippen LogP contribution in [0.2, 0.25) is 0 Å². The van der Waals surface area contributed by atoms with Gasteiger partial charge in [0, 0.05) is 69.9 Å². The maximum atomic E-state index is 15.3. The fourth-order valence-electron chi connectivity index (χ4n) is 6.64. The number of amides is 1. The molecule has 5 heterocycles. The Hall–Kier alpha value is -4.52. The van der Waals surface area contributed by atoms with Gasteiger partial charge in [-0.05, 0) is 49.3 Å². The van der Waals surface area contributed by atoms with Crippen LogP contribution in [0.15, 0.2) is 60.7 Å². The maximum absolute atomic E-state index is 15.3. The lowest BCUT2D eigenvalue weighted by molar-refractivity contribution is -0.143. The van der Waals surface area contributed by atoms with Crippen LogP contribution < -0.4 is 15.5 Å². The number of carbonyl (C=O) groups is 1. The van der Waals surface area contributed by atoms with E-state index in [0.29, 0.717) is 23.4 Å². The number of halogens is 3. The molecule has 6 rings (SSSR count). The zero-order chi connectivity index (χ0) is 36.0. The van der Waals surface area contributed by atoms with Crippen LogP contribution in [0.1, 0.15) is 38.4 Å². The molecule has 1 aromatic carbocycles. The second kappa shape index (κ2) is 16.2. The molecule has 4 aliphatic heterocycles. The lowest BCUT2D eigenvalue weighted by Crippen LogP contribution is -2.57. The first-order chi connectivity index (χ1) is 24.6. The summed E-state index contributed by atoms with van der Waals surface area (Å²) in [4.78, 5) is 32.1. The molecule has 1 aromatic heterocycles. The van der Waals surface area contributed by atoms with Gasteiger partial charge in [-0.1, -0.05) is 12.7 Å². The van der Waals surface area contributed by atoms with Crippen molar-refractivity contribution in [3.05, 3.63) is 66.5 Å². The summed E-state index contributed by atoms with van der Waals surface area (Å²) < 4.78 is 54.3. The molecule has 1 amide bonds. The second-order valence-electron chi connectivity index (χ2n) is 13.4. The lowest BCUT2D eigenvalue weighted by atomic mass is 9.98. The van der Waals surface area contributed by atoms with Crippen molar-refractivity contribution in [3.63, 3.8) is 0 Å². The molecule has 12 nitrogen and oxygen atoms in total. The third kappa shape index (κ3) is 9.24. The van der Waals surface area contributed by atoms with Crippen molar-refractivity contribution in [2.24, 2.45) is 0 Å². The smallest absolute Gasteiger partial charge is 0.251 e. The number of hydrogen-bond acceptors (Lipinski definition) is 11. The molecule has 0 spiro atoms. The van der Waals surface area contributed by atoms with Crippen LogP contribution in [0.3, 0.4) is 0 Å². The van der Waals surface area contributed by atoms with Gasteiger partial charge in [0.05, 0.1) is 37.4 Å². The standard InChI is InChI=1S/C36H44F3N9O3/c1-24(4-9-31(25(2)19-40)51-32-10-15-48(20-29(32)37)34(49)30-18-36(38,39)11-12-41-30)33-42-23-43-35(45-33)44-26-5-7-27(8-6-26)46-13-3-14-47(17-16-46)28-21-50-22-28/h4-9,23,28-30,32,41H,2-3,10-18,20-22H2,1H3,(H,42,43,44,45)/b24-4+,31-9+/t29-,30-,32+/m1/s1. The minimum absolute atomic E-state index is 0.00897.